The Labute approximate surface area is 288 Å². The zero-order valence-electron chi connectivity index (χ0n) is 27.1. The molecule has 0 spiro atoms. The molecule has 3 nitrogen and oxygen atoms in total. The molecule has 0 unspecified atom stereocenters. The van der Waals surface area contributed by atoms with E-state index in [0.29, 0.717) is 0 Å². The third-order valence-corrected chi connectivity index (χ3v) is 10.6. The first kappa shape index (κ1) is 27.4. The molecular formula is C47H29N3. The van der Waals surface area contributed by atoms with Gasteiger partial charge in [0, 0.05) is 50.5 Å². The Hall–Kier alpha value is -6.58. The number of hydrogen-bond acceptors (Lipinski definition) is 2. The van der Waals surface area contributed by atoms with E-state index in [2.05, 4.69) is 155 Å². The topological polar surface area (TPSA) is 30.7 Å². The maximum Gasteiger partial charge on any atom is 0.0964 e. The fourth-order valence-electron chi connectivity index (χ4n) is 8.49. The second-order valence-electron chi connectivity index (χ2n) is 13.3. The number of rotatable bonds is 3. The predicted octanol–water partition coefficient (Wildman–Crippen LogP) is 12.1. The van der Waals surface area contributed by atoms with Crippen molar-refractivity contribution >= 4 is 71.2 Å². The second-order valence-corrected chi connectivity index (χ2v) is 13.3. The largest absolute Gasteiger partial charge is 0.308 e. The van der Waals surface area contributed by atoms with Crippen LogP contribution in [0.25, 0.3) is 99.2 Å². The number of pyridine rings is 2. The van der Waals surface area contributed by atoms with Gasteiger partial charge in [0.25, 0.3) is 0 Å². The number of hydrogen-bond donors (Lipinski definition) is 0. The molecule has 11 rings (SSSR count). The van der Waals surface area contributed by atoms with Crippen LogP contribution < -0.4 is 0 Å². The molecule has 1 aliphatic rings. The number of benzene rings is 7. The summed E-state index contributed by atoms with van der Waals surface area (Å²) in [6.45, 7) is 0. The summed E-state index contributed by atoms with van der Waals surface area (Å²) in [5, 5.41) is 9.87. The van der Waals surface area contributed by atoms with Crippen LogP contribution in [0.2, 0.25) is 0 Å². The van der Waals surface area contributed by atoms with Crippen molar-refractivity contribution in [3.8, 4) is 27.9 Å². The monoisotopic (exact) mass is 635 g/mol. The fraction of sp³-hybridized carbons (Fsp3) is 0.0213. The van der Waals surface area contributed by atoms with Crippen molar-refractivity contribution in [1.29, 1.82) is 0 Å². The molecule has 10 aromatic rings. The maximum atomic E-state index is 5.04. The Balaban J connectivity index is 1.28. The highest BCUT2D eigenvalue weighted by atomic mass is 15.0. The number of para-hydroxylation sites is 1. The summed E-state index contributed by atoms with van der Waals surface area (Å²) < 4.78 is 2.54. The first-order valence-corrected chi connectivity index (χ1v) is 17.2. The van der Waals surface area contributed by atoms with E-state index in [1.165, 1.54) is 71.3 Å². The van der Waals surface area contributed by atoms with Gasteiger partial charge in [0.05, 0.1) is 27.8 Å². The molecule has 232 valence electrons. The summed E-state index contributed by atoms with van der Waals surface area (Å²) in [6.07, 6.45) is 9.39. The standard InChI is InChI=1S/C47H29N3/c1-2-11-29(12-3-1)40-27-39(34-25-33-23-22-31-16-10-24-48-45(31)46(33)49-28-34)35-17-4-5-18-36(35)47(40)50-41-21-7-6-19-37(41)44-38-20-9-14-30-13-8-15-32(43(30)38)26-42(44)50/h1-19,21-28H,20H2. The molecule has 3 heteroatoms. The van der Waals surface area contributed by atoms with Crippen molar-refractivity contribution < 1.29 is 0 Å². The Bertz CT molecular complexity index is 3060. The summed E-state index contributed by atoms with van der Waals surface area (Å²) in [4.78, 5) is 9.71. The normalized spacial score (nSPS) is 12.6. The van der Waals surface area contributed by atoms with Gasteiger partial charge in [-0.25, -0.2) is 0 Å². The lowest BCUT2D eigenvalue weighted by atomic mass is 9.89. The van der Waals surface area contributed by atoms with E-state index >= 15 is 0 Å². The van der Waals surface area contributed by atoms with Gasteiger partial charge in [-0.2, -0.15) is 0 Å². The van der Waals surface area contributed by atoms with Crippen LogP contribution in [-0.2, 0) is 6.42 Å². The molecule has 3 heterocycles. The number of fused-ring (bicyclic) bond motifs is 8. The molecule has 0 radical (unpaired) electrons. The summed E-state index contributed by atoms with van der Waals surface area (Å²) in [5.74, 6) is 0. The minimum Gasteiger partial charge on any atom is -0.308 e. The highest BCUT2D eigenvalue weighted by molar-refractivity contribution is 6.20. The van der Waals surface area contributed by atoms with Crippen LogP contribution in [0, 0.1) is 0 Å². The number of nitrogens with zero attached hydrogens (tertiary/aromatic N) is 3. The minimum absolute atomic E-state index is 0.920. The molecule has 0 amide bonds. The molecule has 0 bridgehead atoms. The smallest absolute Gasteiger partial charge is 0.0964 e. The van der Waals surface area contributed by atoms with E-state index in [0.717, 1.165) is 39.4 Å². The van der Waals surface area contributed by atoms with Gasteiger partial charge in [-0.05, 0) is 75.2 Å². The molecular weight excluding hydrogens is 607 g/mol. The Morgan fingerprint density at radius 1 is 0.500 bits per heavy atom. The number of aromatic nitrogens is 3. The lowest BCUT2D eigenvalue weighted by molar-refractivity contribution is 1.20. The van der Waals surface area contributed by atoms with E-state index in [1.807, 2.05) is 18.5 Å². The van der Waals surface area contributed by atoms with Gasteiger partial charge in [0.1, 0.15) is 0 Å². The predicted molar refractivity (Wildman–Crippen MR) is 210 cm³/mol. The van der Waals surface area contributed by atoms with Gasteiger partial charge < -0.3 is 4.57 Å². The van der Waals surface area contributed by atoms with Crippen LogP contribution in [0.3, 0.4) is 0 Å². The Kier molecular flexibility index (Phi) is 5.73. The van der Waals surface area contributed by atoms with E-state index in [-0.39, 0.29) is 0 Å². The van der Waals surface area contributed by atoms with Gasteiger partial charge in [-0.1, -0.05) is 121 Å². The van der Waals surface area contributed by atoms with Gasteiger partial charge in [-0.15, -0.1) is 0 Å². The van der Waals surface area contributed by atoms with Crippen LogP contribution in [0.15, 0.2) is 158 Å². The molecule has 1 aliphatic carbocycles. The van der Waals surface area contributed by atoms with Gasteiger partial charge >= 0.3 is 0 Å². The Morgan fingerprint density at radius 3 is 2.20 bits per heavy atom. The van der Waals surface area contributed by atoms with Crippen molar-refractivity contribution in [2.45, 2.75) is 6.42 Å². The quantitative estimate of drug-likeness (QED) is 0.181. The molecule has 0 N–H and O–H groups in total. The summed E-state index contributed by atoms with van der Waals surface area (Å²) >= 11 is 0. The molecule has 3 aromatic heterocycles. The van der Waals surface area contributed by atoms with Crippen molar-refractivity contribution in [2.24, 2.45) is 0 Å². The average Bonchev–Trinajstić information content (AvgIpc) is 3.51. The average molecular weight is 636 g/mol. The molecule has 0 saturated heterocycles. The Morgan fingerprint density at radius 2 is 1.28 bits per heavy atom. The van der Waals surface area contributed by atoms with Crippen LogP contribution in [-0.4, -0.2) is 14.5 Å². The molecule has 0 saturated carbocycles. The molecule has 0 fully saturated rings. The van der Waals surface area contributed by atoms with Crippen molar-refractivity contribution in [3.63, 3.8) is 0 Å². The number of allylic oxidation sites excluding steroid dienone is 1. The molecule has 50 heavy (non-hydrogen) atoms. The van der Waals surface area contributed by atoms with Crippen molar-refractivity contribution in [1.82, 2.24) is 14.5 Å². The van der Waals surface area contributed by atoms with Crippen LogP contribution >= 0.6 is 0 Å². The van der Waals surface area contributed by atoms with Crippen LogP contribution in [0.5, 0.6) is 0 Å². The maximum absolute atomic E-state index is 5.04. The summed E-state index contributed by atoms with van der Waals surface area (Å²) in [5.41, 5.74) is 12.8. The lowest BCUT2D eigenvalue weighted by Crippen LogP contribution is -2.01. The third kappa shape index (κ3) is 3.86. The first-order valence-electron chi connectivity index (χ1n) is 17.2. The van der Waals surface area contributed by atoms with E-state index in [9.17, 15) is 0 Å². The second kappa shape index (κ2) is 10.5. The zero-order valence-corrected chi connectivity index (χ0v) is 27.1. The van der Waals surface area contributed by atoms with E-state index in [1.54, 1.807) is 0 Å². The highest BCUT2D eigenvalue weighted by Gasteiger charge is 2.24. The lowest BCUT2D eigenvalue weighted by Gasteiger charge is -2.21. The van der Waals surface area contributed by atoms with Crippen LogP contribution in [0.1, 0.15) is 11.1 Å². The molecule has 0 atom stereocenters. The molecule has 7 aromatic carbocycles. The van der Waals surface area contributed by atoms with Gasteiger partial charge in [-0.3, -0.25) is 9.97 Å². The third-order valence-electron chi connectivity index (χ3n) is 10.6. The highest BCUT2D eigenvalue weighted by Crippen LogP contribution is 2.46. The first-order chi connectivity index (χ1) is 24.8. The van der Waals surface area contributed by atoms with Crippen molar-refractivity contribution in [2.75, 3.05) is 0 Å². The summed E-state index contributed by atoms with van der Waals surface area (Å²) in [7, 11) is 0. The molecule has 0 aliphatic heterocycles. The van der Waals surface area contributed by atoms with E-state index < -0.39 is 0 Å². The fourth-order valence-corrected chi connectivity index (χ4v) is 8.49. The van der Waals surface area contributed by atoms with E-state index in [4.69, 9.17) is 4.98 Å². The van der Waals surface area contributed by atoms with Crippen molar-refractivity contribution in [3.05, 3.63) is 169 Å². The van der Waals surface area contributed by atoms with Gasteiger partial charge in [0.2, 0.25) is 0 Å². The van der Waals surface area contributed by atoms with Gasteiger partial charge in [0.15, 0.2) is 0 Å². The SMILES string of the molecule is C1=Cc2cccc3cc4c(c(c23)C1)c1ccccc1n4-c1c(-c2ccccc2)cc(-c2cnc3c(ccc4cccnc43)c2)c2ccccc12. The van der Waals surface area contributed by atoms with Crippen LogP contribution in [0.4, 0.5) is 0 Å². The zero-order chi connectivity index (χ0) is 32.8. The summed E-state index contributed by atoms with van der Waals surface area (Å²) in [6, 6.07) is 50.8. The minimum atomic E-state index is 0.920.